The summed E-state index contributed by atoms with van der Waals surface area (Å²) in [6.07, 6.45) is 3.07. The Bertz CT molecular complexity index is 1110. The number of halogens is 1. The van der Waals surface area contributed by atoms with Crippen LogP contribution < -0.4 is 5.32 Å². The van der Waals surface area contributed by atoms with Crippen LogP contribution in [0.2, 0.25) is 5.02 Å². The van der Waals surface area contributed by atoms with Crippen molar-refractivity contribution in [3.63, 3.8) is 0 Å². The number of H-pyrrole nitrogens is 1. The van der Waals surface area contributed by atoms with E-state index in [0.29, 0.717) is 18.0 Å². The lowest BCUT2D eigenvalue weighted by Crippen LogP contribution is -2.26. The molecule has 4 aromatic rings. The van der Waals surface area contributed by atoms with Crippen LogP contribution in [0.5, 0.6) is 0 Å². The van der Waals surface area contributed by atoms with Crippen molar-refractivity contribution in [3.05, 3.63) is 65.1 Å². The van der Waals surface area contributed by atoms with Crippen LogP contribution in [0.4, 0.5) is 0 Å². The number of hydrogen-bond donors (Lipinski definition) is 2. The van der Waals surface area contributed by atoms with Gasteiger partial charge in [0.05, 0.1) is 17.5 Å². The first kappa shape index (κ1) is 17.6. The molecule has 6 heteroatoms. The molecule has 0 saturated carbocycles. The molecule has 0 unspecified atom stereocenters. The number of rotatable bonds is 6. The van der Waals surface area contributed by atoms with Gasteiger partial charge in [0.2, 0.25) is 5.91 Å². The van der Waals surface area contributed by atoms with E-state index < -0.39 is 0 Å². The summed E-state index contributed by atoms with van der Waals surface area (Å²) >= 11 is 6.07. The van der Waals surface area contributed by atoms with Crippen molar-refractivity contribution in [1.82, 2.24) is 19.9 Å². The summed E-state index contributed by atoms with van der Waals surface area (Å²) in [6, 6.07) is 13.8. The molecule has 2 heterocycles. The van der Waals surface area contributed by atoms with Crippen molar-refractivity contribution in [3.8, 4) is 0 Å². The number of aryl methyl sites for hydroxylation is 2. The normalized spacial score (nSPS) is 11.3. The number of carbonyl (C=O) groups is 1. The molecule has 0 radical (unpaired) electrons. The van der Waals surface area contributed by atoms with Crippen LogP contribution in [0, 0.1) is 6.92 Å². The third-order valence-electron chi connectivity index (χ3n) is 4.81. The summed E-state index contributed by atoms with van der Waals surface area (Å²) in [7, 11) is 0. The van der Waals surface area contributed by atoms with Gasteiger partial charge in [0, 0.05) is 35.2 Å². The van der Waals surface area contributed by atoms with Gasteiger partial charge in [0.25, 0.3) is 0 Å². The quantitative estimate of drug-likeness (QED) is 0.492. The lowest BCUT2D eigenvalue weighted by atomic mass is 10.1. The number of carbonyl (C=O) groups excluding carboxylic acids is 1. The van der Waals surface area contributed by atoms with Gasteiger partial charge in [-0.05, 0) is 49.2 Å². The standard InChI is InChI=1S/C21H21ClN4O/c1-14-25-19-5-2-3-6-20(19)26(14)10-4-9-23-21(27)11-15-13-24-18-8-7-16(22)12-17(15)18/h2-3,5-8,12-13,24H,4,9-11H2,1H3,(H,23,27). The van der Waals surface area contributed by atoms with Crippen molar-refractivity contribution in [1.29, 1.82) is 0 Å². The smallest absolute Gasteiger partial charge is 0.224 e. The Morgan fingerprint density at radius 3 is 3.00 bits per heavy atom. The molecule has 0 aliphatic rings. The number of para-hydroxylation sites is 2. The van der Waals surface area contributed by atoms with Crippen LogP contribution in [0.3, 0.4) is 0 Å². The van der Waals surface area contributed by atoms with Crippen molar-refractivity contribution < 1.29 is 4.79 Å². The van der Waals surface area contributed by atoms with Crippen molar-refractivity contribution >= 4 is 39.4 Å². The first-order valence-corrected chi connectivity index (χ1v) is 9.44. The molecular formula is C21H21ClN4O. The molecule has 27 heavy (non-hydrogen) atoms. The molecule has 2 aromatic heterocycles. The Labute approximate surface area is 162 Å². The third kappa shape index (κ3) is 3.69. The highest BCUT2D eigenvalue weighted by Gasteiger charge is 2.10. The zero-order valence-electron chi connectivity index (χ0n) is 15.1. The predicted molar refractivity (Wildman–Crippen MR) is 109 cm³/mol. The summed E-state index contributed by atoms with van der Waals surface area (Å²) in [6.45, 7) is 3.48. The van der Waals surface area contributed by atoms with Crippen molar-refractivity contribution in [2.24, 2.45) is 0 Å². The Morgan fingerprint density at radius 2 is 2.11 bits per heavy atom. The van der Waals surface area contributed by atoms with E-state index in [2.05, 4.69) is 25.9 Å². The molecule has 0 spiro atoms. The van der Waals surface area contributed by atoms with E-state index in [1.54, 1.807) is 0 Å². The molecule has 0 saturated heterocycles. The Balaban J connectivity index is 1.33. The average molecular weight is 381 g/mol. The van der Waals surface area contributed by atoms with Gasteiger partial charge in [-0.3, -0.25) is 4.79 Å². The SMILES string of the molecule is Cc1nc2ccccc2n1CCCNC(=O)Cc1c[nH]c2ccc(Cl)cc12. The molecule has 0 aliphatic heterocycles. The molecule has 0 atom stereocenters. The molecular weight excluding hydrogens is 360 g/mol. The van der Waals surface area contributed by atoms with Gasteiger partial charge in [0.15, 0.2) is 0 Å². The molecule has 138 valence electrons. The van der Waals surface area contributed by atoms with Gasteiger partial charge in [-0.25, -0.2) is 4.98 Å². The Hall–Kier alpha value is -2.79. The van der Waals surface area contributed by atoms with E-state index in [9.17, 15) is 4.79 Å². The zero-order chi connectivity index (χ0) is 18.8. The highest BCUT2D eigenvalue weighted by Crippen LogP contribution is 2.22. The first-order valence-electron chi connectivity index (χ1n) is 9.06. The Morgan fingerprint density at radius 1 is 1.26 bits per heavy atom. The van der Waals surface area contributed by atoms with E-state index in [4.69, 9.17) is 11.6 Å². The molecule has 0 bridgehead atoms. The number of amides is 1. The molecule has 4 rings (SSSR count). The second kappa shape index (κ2) is 7.45. The lowest BCUT2D eigenvalue weighted by molar-refractivity contribution is -0.120. The maximum Gasteiger partial charge on any atom is 0.224 e. The van der Waals surface area contributed by atoms with Crippen molar-refractivity contribution in [2.75, 3.05) is 6.54 Å². The maximum absolute atomic E-state index is 12.3. The average Bonchev–Trinajstić information content (AvgIpc) is 3.19. The topological polar surface area (TPSA) is 62.7 Å². The van der Waals surface area contributed by atoms with Gasteiger partial charge < -0.3 is 14.9 Å². The molecule has 1 amide bonds. The third-order valence-corrected chi connectivity index (χ3v) is 5.04. The second-order valence-electron chi connectivity index (χ2n) is 6.68. The molecule has 2 N–H and O–H groups in total. The van der Waals surface area contributed by atoms with E-state index in [1.165, 1.54) is 0 Å². The minimum absolute atomic E-state index is 0.0167. The van der Waals surface area contributed by atoms with Crippen LogP contribution in [-0.2, 0) is 17.8 Å². The number of hydrogen-bond acceptors (Lipinski definition) is 2. The molecule has 0 aliphatic carbocycles. The predicted octanol–water partition coefficient (Wildman–Crippen LogP) is 4.23. The van der Waals surface area contributed by atoms with Gasteiger partial charge in [-0.1, -0.05) is 23.7 Å². The monoisotopic (exact) mass is 380 g/mol. The minimum Gasteiger partial charge on any atom is -0.361 e. The number of imidazole rings is 1. The van der Waals surface area contributed by atoms with Gasteiger partial charge >= 0.3 is 0 Å². The fourth-order valence-corrected chi connectivity index (χ4v) is 3.65. The minimum atomic E-state index is 0.0167. The van der Waals surface area contributed by atoms with Crippen LogP contribution in [-0.4, -0.2) is 27.0 Å². The van der Waals surface area contributed by atoms with Gasteiger partial charge in [-0.15, -0.1) is 0 Å². The summed E-state index contributed by atoms with van der Waals surface area (Å²) in [5.41, 5.74) is 4.10. The van der Waals surface area contributed by atoms with E-state index >= 15 is 0 Å². The van der Waals surface area contributed by atoms with E-state index in [1.807, 2.05) is 49.5 Å². The lowest BCUT2D eigenvalue weighted by Gasteiger charge is -2.08. The number of benzene rings is 2. The fourth-order valence-electron chi connectivity index (χ4n) is 3.48. The fraction of sp³-hybridized carbons (Fsp3) is 0.238. The van der Waals surface area contributed by atoms with Crippen LogP contribution in [0.15, 0.2) is 48.7 Å². The van der Waals surface area contributed by atoms with E-state index in [0.717, 1.165) is 46.3 Å². The van der Waals surface area contributed by atoms with E-state index in [-0.39, 0.29) is 5.91 Å². The van der Waals surface area contributed by atoms with Crippen LogP contribution in [0.1, 0.15) is 17.8 Å². The Kier molecular flexibility index (Phi) is 4.86. The van der Waals surface area contributed by atoms with Gasteiger partial charge in [0.1, 0.15) is 5.82 Å². The first-order chi connectivity index (χ1) is 13.1. The number of nitrogens with zero attached hydrogens (tertiary/aromatic N) is 2. The van der Waals surface area contributed by atoms with Gasteiger partial charge in [-0.2, -0.15) is 0 Å². The summed E-state index contributed by atoms with van der Waals surface area (Å²) in [5, 5.41) is 4.68. The summed E-state index contributed by atoms with van der Waals surface area (Å²) in [4.78, 5) is 20.1. The number of fused-ring (bicyclic) bond motifs is 2. The molecule has 0 fully saturated rings. The van der Waals surface area contributed by atoms with Crippen LogP contribution >= 0.6 is 11.6 Å². The number of nitrogens with one attached hydrogen (secondary N) is 2. The van der Waals surface area contributed by atoms with Crippen molar-refractivity contribution in [2.45, 2.75) is 26.3 Å². The largest absolute Gasteiger partial charge is 0.361 e. The number of aromatic amines is 1. The maximum atomic E-state index is 12.3. The van der Waals surface area contributed by atoms with Crippen LogP contribution in [0.25, 0.3) is 21.9 Å². The second-order valence-corrected chi connectivity index (χ2v) is 7.12. The molecule has 2 aromatic carbocycles. The zero-order valence-corrected chi connectivity index (χ0v) is 15.9. The highest BCUT2D eigenvalue weighted by molar-refractivity contribution is 6.31. The summed E-state index contributed by atoms with van der Waals surface area (Å²) in [5.74, 6) is 1.02. The highest BCUT2D eigenvalue weighted by atomic mass is 35.5. The molecule has 5 nitrogen and oxygen atoms in total. The summed E-state index contributed by atoms with van der Waals surface area (Å²) < 4.78 is 2.20. The number of aromatic nitrogens is 3.